The SMILES string of the molecule is Cc1c(C(=O)NCCc2cnn(-c3ccccc3)c2)sc2ccc(F)cc12. The van der Waals surface area contributed by atoms with Crippen molar-refractivity contribution in [1.82, 2.24) is 15.1 Å². The highest BCUT2D eigenvalue weighted by Gasteiger charge is 2.15. The summed E-state index contributed by atoms with van der Waals surface area (Å²) in [6.07, 6.45) is 4.47. The van der Waals surface area contributed by atoms with Crippen LogP contribution in [-0.2, 0) is 6.42 Å². The third kappa shape index (κ3) is 3.61. The number of halogens is 1. The van der Waals surface area contributed by atoms with Crippen molar-refractivity contribution >= 4 is 27.3 Å². The highest BCUT2D eigenvalue weighted by molar-refractivity contribution is 7.21. The monoisotopic (exact) mass is 379 g/mol. The molecule has 4 nitrogen and oxygen atoms in total. The standard InChI is InChI=1S/C21H18FN3OS/c1-14-18-11-16(22)7-8-19(18)27-20(14)21(26)23-10-9-15-12-24-25(13-15)17-5-3-2-4-6-17/h2-8,11-13H,9-10H2,1H3,(H,23,26). The lowest BCUT2D eigenvalue weighted by molar-refractivity contribution is 0.0957. The molecule has 1 amide bonds. The Labute approximate surface area is 160 Å². The number of benzene rings is 2. The van der Waals surface area contributed by atoms with Crippen molar-refractivity contribution in [2.45, 2.75) is 13.3 Å². The van der Waals surface area contributed by atoms with Crippen LogP contribution in [0.3, 0.4) is 0 Å². The molecule has 0 unspecified atom stereocenters. The number of carbonyl (C=O) groups is 1. The normalized spacial score (nSPS) is 11.0. The quantitative estimate of drug-likeness (QED) is 0.555. The Morgan fingerprint density at radius 2 is 2.04 bits per heavy atom. The molecule has 1 N–H and O–H groups in total. The molecule has 6 heteroatoms. The molecule has 0 aliphatic carbocycles. The molecule has 0 bridgehead atoms. The second-order valence-corrected chi connectivity index (χ2v) is 7.38. The first-order valence-electron chi connectivity index (χ1n) is 8.67. The number of amides is 1. The lowest BCUT2D eigenvalue weighted by Gasteiger charge is -2.03. The molecule has 2 aromatic carbocycles. The van der Waals surface area contributed by atoms with E-state index < -0.39 is 0 Å². The molecule has 0 fully saturated rings. The Balaban J connectivity index is 1.40. The van der Waals surface area contributed by atoms with Crippen molar-refractivity contribution in [3.63, 3.8) is 0 Å². The summed E-state index contributed by atoms with van der Waals surface area (Å²) in [6, 6.07) is 14.5. The van der Waals surface area contributed by atoms with Gasteiger partial charge in [0.05, 0.1) is 16.8 Å². The number of nitrogens with one attached hydrogen (secondary N) is 1. The fraction of sp³-hybridized carbons (Fsp3) is 0.143. The number of hydrogen-bond acceptors (Lipinski definition) is 3. The molecule has 0 spiro atoms. The van der Waals surface area contributed by atoms with E-state index in [2.05, 4.69) is 10.4 Å². The van der Waals surface area contributed by atoms with Gasteiger partial charge in [-0.25, -0.2) is 9.07 Å². The number of carbonyl (C=O) groups excluding carboxylic acids is 1. The van der Waals surface area contributed by atoms with Gasteiger partial charge in [0.2, 0.25) is 0 Å². The summed E-state index contributed by atoms with van der Waals surface area (Å²) in [5.41, 5.74) is 2.87. The molecule has 136 valence electrons. The number of para-hydroxylation sites is 1. The minimum atomic E-state index is -0.286. The molecule has 0 atom stereocenters. The largest absolute Gasteiger partial charge is 0.351 e. The van der Waals surface area contributed by atoms with Crippen molar-refractivity contribution in [2.75, 3.05) is 6.54 Å². The fourth-order valence-electron chi connectivity index (χ4n) is 3.02. The molecular formula is C21H18FN3OS. The average molecular weight is 379 g/mol. The minimum absolute atomic E-state index is 0.121. The second kappa shape index (κ2) is 7.32. The van der Waals surface area contributed by atoms with Crippen LogP contribution in [-0.4, -0.2) is 22.2 Å². The van der Waals surface area contributed by atoms with Crippen LogP contribution in [0.1, 0.15) is 20.8 Å². The maximum absolute atomic E-state index is 13.4. The van der Waals surface area contributed by atoms with E-state index >= 15 is 0 Å². The molecule has 0 aliphatic rings. The molecule has 4 aromatic rings. The zero-order valence-corrected chi connectivity index (χ0v) is 15.6. The van der Waals surface area contributed by atoms with Gasteiger partial charge in [-0.05, 0) is 60.2 Å². The molecule has 2 aromatic heterocycles. The van der Waals surface area contributed by atoms with Crippen molar-refractivity contribution < 1.29 is 9.18 Å². The Hall–Kier alpha value is -2.99. The average Bonchev–Trinajstić information content (AvgIpc) is 3.28. The predicted octanol–water partition coefficient (Wildman–Crippen LogP) is 4.51. The van der Waals surface area contributed by atoms with Gasteiger partial charge in [0, 0.05) is 17.4 Å². The predicted molar refractivity (Wildman–Crippen MR) is 106 cm³/mol. The van der Waals surface area contributed by atoms with E-state index in [4.69, 9.17) is 0 Å². The van der Waals surface area contributed by atoms with Crippen molar-refractivity contribution in [3.05, 3.63) is 82.7 Å². The third-order valence-corrected chi connectivity index (χ3v) is 5.73. The van der Waals surface area contributed by atoms with Gasteiger partial charge >= 0.3 is 0 Å². The lowest BCUT2D eigenvalue weighted by atomic mass is 10.1. The van der Waals surface area contributed by atoms with E-state index in [9.17, 15) is 9.18 Å². The van der Waals surface area contributed by atoms with E-state index in [-0.39, 0.29) is 11.7 Å². The number of thiophene rings is 1. The van der Waals surface area contributed by atoms with Gasteiger partial charge in [-0.15, -0.1) is 11.3 Å². The first kappa shape index (κ1) is 17.4. The number of aromatic nitrogens is 2. The van der Waals surface area contributed by atoms with Crippen LogP contribution in [0.5, 0.6) is 0 Å². The van der Waals surface area contributed by atoms with Crippen LogP contribution < -0.4 is 5.32 Å². The smallest absolute Gasteiger partial charge is 0.261 e. The minimum Gasteiger partial charge on any atom is -0.351 e. The maximum atomic E-state index is 13.4. The summed E-state index contributed by atoms with van der Waals surface area (Å²) in [6.45, 7) is 2.37. The first-order valence-corrected chi connectivity index (χ1v) is 9.49. The van der Waals surface area contributed by atoms with Crippen LogP contribution >= 0.6 is 11.3 Å². The van der Waals surface area contributed by atoms with Gasteiger partial charge in [0.15, 0.2) is 0 Å². The first-order chi connectivity index (χ1) is 13.1. The van der Waals surface area contributed by atoms with Crippen LogP contribution in [0.2, 0.25) is 0 Å². The number of fused-ring (bicyclic) bond motifs is 1. The molecule has 0 saturated heterocycles. The Kier molecular flexibility index (Phi) is 4.73. The third-order valence-electron chi connectivity index (χ3n) is 4.46. The molecule has 27 heavy (non-hydrogen) atoms. The second-order valence-electron chi connectivity index (χ2n) is 6.33. The van der Waals surface area contributed by atoms with E-state index in [0.717, 1.165) is 26.9 Å². The van der Waals surface area contributed by atoms with Gasteiger partial charge in [-0.3, -0.25) is 4.79 Å². The number of rotatable bonds is 5. The van der Waals surface area contributed by atoms with Crippen LogP contribution in [0.15, 0.2) is 60.9 Å². The summed E-state index contributed by atoms with van der Waals surface area (Å²) >= 11 is 1.39. The summed E-state index contributed by atoms with van der Waals surface area (Å²) in [5, 5.41) is 8.12. The van der Waals surface area contributed by atoms with Crippen LogP contribution in [0.25, 0.3) is 15.8 Å². The topological polar surface area (TPSA) is 46.9 Å². The number of aryl methyl sites for hydroxylation is 1. The van der Waals surface area contributed by atoms with E-state index in [1.165, 1.54) is 23.5 Å². The Bertz CT molecular complexity index is 1100. The lowest BCUT2D eigenvalue weighted by Crippen LogP contribution is -2.25. The van der Waals surface area contributed by atoms with Gasteiger partial charge < -0.3 is 5.32 Å². The van der Waals surface area contributed by atoms with E-state index in [0.29, 0.717) is 17.8 Å². The van der Waals surface area contributed by atoms with Gasteiger partial charge in [-0.1, -0.05) is 18.2 Å². The Morgan fingerprint density at radius 3 is 2.85 bits per heavy atom. The fourth-order valence-corrected chi connectivity index (χ4v) is 4.13. The molecule has 0 aliphatic heterocycles. The summed E-state index contributed by atoms with van der Waals surface area (Å²) in [4.78, 5) is 13.2. The molecule has 2 heterocycles. The van der Waals surface area contributed by atoms with Crippen molar-refractivity contribution in [1.29, 1.82) is 0 Å². The maximum Gasteiger partial charge on any atom is 0.261 e. The highest BCUT2D eigenvalue weighted by Crippen LogP contribution is 2.31. The number of hydrogen-bond donors (Lipinski definition) is 1. The molecule has 0 radical (unpaired) electrons. The van der Waals surface area contributed by atoms with Crippen LogP contribution in [0, 0.1) is 12.7 Å². The zero-order chi connectivity index (χ0) is 18.8. The molecular weight excluding hydrogens is 361 g/mol. The van der Waals surface area contributed by atoms with E-state index in [1.54, 1.807) is 6.07 Å². The summed E-state index contributed by atoms with van der Waals surface area (Å²) in [5.74, 6) is -0.407. The molecule has 4 rings (SSSR count). The van der Waals surface area contributed by atoms with Crippen molar-refractivity contribution in [2.24, 2.45) is 0 Å². The van der Waals surface area contributed by atoms with Gasteiger partial charge in [0.25, 0.3) is 5.91 Å². The summed E-state index contributed by atoms with van der Waals surface area (Å²) < 4.78 is 16.2. The van der Waals surface area contributed by atoms with Crippen molar-refractivity contribution in [3.8, 4) is 5.69 Å². The number of nitrogens with zero attached hydrogens (tertiary/aromatic N) is 2. The summed E-state index contributed by atoms with van der Waals surface area (Å²) in [7, 11) is 0. The highest BCUT2D eigenvalue weighted by atomic mass is 32.1. The Morgan fingerprint density at radius 1 is 1.22 bits per heavy atom. The van der Waals surface area contributed by atoms with Gasteiger partial charge in [0.1, 0.15) is 5.82 Å². The zero-order valence-electron chi connectivity index (χ0n) is 14.8. The molecule has 0 saturated carbocycles. The van der Waals surface area contributed by atoms with Crippen LogP contribution in [0.4, 0.5) is 4.39 Å². The van der Waals surface area contributed by atoms with E-state index in [1.807, 2.05) is 54.3 Å². The van der Waals surface area contributed by atoms with Gasteiger partial charge in [-0.2, -0.15) is 5.10 Å².